The number of fused-ring (bicyclic) bond motifs is 2. The van der Waals surface area contributed by atoms with E-state index < -0.39 is 0 Å². The van der Waals surface area contributed by atoms with Crippen LogP contribution < -0.4 is 21.6 Å². The highest BCUT2D eigenvalue weighted by atomic mass is 35.5. The van der Waals surface area contributed by atoms with Crippen LogP contribution in [0.5, 0.6) is 0 Å². The largest absolute Gasteiger partial charge is 0.378 e. The lowest BCUT2D eigenvalue weighted by molar-refractivity contribution is 0.122. The Hall–Kier alpha value is -3.07. The van der Waals surface area contributed by atoms with Crippen molar-refractivity contribution in [2.45, 2.75) is 19.4 Å². The zero-order valence-electron chi connectivity index (χ0n) is 18.5. The SMILES string of the molecule is CC[C@H](CN)Nn1c(=O)c(-c2nc3ccc(N4CCOCC4)cc3[nH]2)cc2cc(Cl)ccc21. The molecule has 4 aromatic rings. The molecule has 9 heteroatoms. The van der Waals surface area contributed by atoms with Gasteiger partial charge in [0.15, 0.2) is 0 Å². The molecule has 1 fully saturated rings. The van der Waals surface area contributed by atoms with E-state index in [9.17, 15) is 4.79 Å². The number of benzene rings is 2. The van der Waals surface area contributed by atoms with E-state index in [1.165, 1.54) is 0 Å². The van der Waals surface area contributed by atoms with Gasteiger partial charge in [0, 0.05) is 35.7 Å². The third kappa shape index (κ3) is 4.17. The van der Waals surface area contributed by atoms with Gasteiger partial charge in [-0.15, -0.1) is 0 Å². The summed E-state index contributed by atoms with van der Waals surface area (Å²) in [6.07, 6.45) is 0.789. The Labute approximate surface area is 196 Å². The first-order valence-electron chi connectivity index (χ1n) is 11.2. The maximum absolute atomic E-state index is 13.6. The summed E-state index contributed by atoms with van der Waals surface area (Å²) in [4.78, 5) is 23.9. The molecule has 172 valence electrons. The van der Waals surface area contributed by atoms with Crippen LogP contribution in [0.1, 0.15) is 13.3 Å². The van der Waals surface area contributed by atoms with Crippen molar-refractivity contribution in [3.8, 4) is 11.4 Å². The van der Waals surface area contributed by atoms with E-state index in [0.29, 0.717) is 23.0 Å². The Morgan fingerprint density at radius 1 is 1.21 bits per heavy atom. The van der Waals surface area contributed by atoms with Gasteiger partial charge in [-0.3, -0.25) is 4.79 Å². The summed E-state index contributed by atoms with van der Waals surface area (Å²) in [7, 11) is 0. The van der Waals surface area contributed by atoms with Crippen molar-refractivity contribution in [2.75, 3.05) is 43.2 Å². The number of ether oxygens (including phenoxy) is 1. The molecule has 0 amide bonds. The molecule has 1 aliphatic rings. The van der Waals surface area contributed by atoms with Gasteiger partial charge in [0.05, 0.1) is 41.4 Å². The fourth-order valence-corrected chi connectivity index (χ4v) is 4.41. The van der Waals surface area contributed by atoms with Crippen LogP contribution >= 0.6 is 11.6 Å². The van der Waals surface area contributed by atoms with E-state index in [4.69, 9.17) is 27.1 Å². The van der Waals surface area contributed by atoms with E-state index in [2.05, 4.69) is 27.4 Å². The van der Waals surface area contributed by atoms with Crippen molar-refractivity contribution < 1.29 is 4.74 Å². The lowest BCUT2D eigenvalue weighted by atomic mass is 10.1. The molecule has 1 saturated heterocycles. The normalized spacial score (nSPS) is 15.3. The zero-order valence-corrected chi connectivity index (χ0v) is 19.2. The number of nitrogens with zero attached hydrogens (tertiary/aromatic N) is 3. The topological polar surface area (TPSA) is 101 Å². The molecule has 33 heavy (non-hydrogen) atoms. The van der Waals surface area contributed by atoms with Gasteiger partial charge in [0.2, 0.25) is 0 Å². The summed E-state index contributed by atoms with van der Waals surface area (Å²) in [5.74, 6) is 0.521. The van der Waals surface area contributed by atoms with Crippen LogP contribution in [0.25, 0.3) is 33.3 Å². The molecular weight excluding hydrogens is 440 g/mol. The first-order valence-corrected chi connectivity index (χ1v) is 11.6. The van der Waals surface area contributed by atoms with Crippen molar-refractivity contribution in [1.29, 1.82) is 0 Å². The number of imidazole rings is 1. The summed E-state index contributed by atoms with van der Waals surface area (Å²) in [6.45, 7) is 5.60. The Morgan fingerprint density at radius 3 is 2.79 bits per heavy atom. The number of anilines is 1. The summed E-state index contributed by atoms with van der Waals surface area (Å²) >= 11 is 6.26. The van der Waals surface area contributed by atoms with Gasteiger partial charge in [-0.05, 0) is 48.9 Å². The Balaban J connectivity index is 1.62. The van der Waals surface area contributed by atoms with Crippen LogP contribution in [0.4, 0.5) is 5.69 Å². The van der Waals surface area contributed by atoms with Gasteiger partial charge in [0.1, 0.15) is 5.82 Å². The monoisotopic (exact) mass is 466 g/mol. The van der Waals surface area contributed by atoms with Gasteiger partial charge in [0.25, 0.3) is 5.56 Å². The number of rotatable bonds is 6. The number of H-pyrrole nitrogens is 1. The van der Waals surface area contributed by atoms with Crippen LogP contribution in [0.15, 0.2) is 47.3 Å². The molecule has 0 unspecified atom stereocenters. The predicted molar refractivity (Wildman–Crippen MR) is 134 cm³/mol. The van der Waals surface area contributed by atoms with Gasteiger partial charge in [-0.1, -0.05) is 18.5 Å². The summed E-state index contributed by atoms with van der Waals surface area (Å²) in [6, 6.07) is 13.4. The quantitative estimate of drug-likeness (QED) is 0.403. The summed E-state index contributed by atoms with van der Waals surface area (Å²) < 4.78 is 7.02. The average Bonchev–Trinajstić information content (AvgIpc) is 3.27. The molecule has 1 aliphatic heterocycles. The van der Waals surface area contributed by atoms with Crippen molar-refractivity contribution in [3.63, 3.8) is 0 Å². The van der Waals surface area contributed by atoms with Crippen molar-refractivity contribution in [1.82, 2.24) is 14.6 Å². The van der Waals surface area contributed by atoms with Crippen molar-refractivity contribution >= 4 is 39.2 Å². The number of halogens is 1. The highest BCUT2D eigenvalue weighted by molar-refractivity contribution is 6.31. The smallest absolute Gasteiger partial charge is 0.280 e. The number of aromatic nitrogens is 3. The second-order valence-electron chi connectivity index (χ2n) is 8.26. The predicted octanol–water partition coefficient (Wildman–Crippen LogP) is 3.32. The average molecular weight is 467 g/mol. The fourth-order valence-electron chi connectivity index (χ4n) is 4.23. The minimum Gasteiger partial charge on any atom is -0.378 e. The maximum Gasteiger partial charge on any atom is 0.280 e. The molecule has 5 rings (SSSR count). The molecule has 8 nitrogen and oxygen atoms in total. The molecule has 4 N–H and O–H groups in total. The minimum absolute atomic E-state index is 0.0384. The van der Waals surface area contributed by atoms with Gasteiger partial charge in [-0.2, -0.15) is 0 Å². The summed E-state index contributed by atoms with van der Waals surface area (Å²) in [5, 5.41) is 1.44. The molecule has 2 aromatic carbocycles. The molecular formula is C24H27ClN6O2. The Kier molecular flexibility index (Phi) is 5.97. The molecule has 1 atom stereocenters. The molecule has 0 aliphatic carbocycles. The number of pyridine rings is 1. The van der Waals surface area contributed by atoms with E-state index in [1.807, 2.05) is 31.2 Å². The third-order valence-electron chi connectivity index (χ3n) is 6.15. The van der Waals surface area contributed by atoms with Crippen molar-refractivity contribution in [2.24, 2.45) is 5.73 Å². The first kappa shape index (κ1) is 21.8. The highest BCUT2D eigenvalue weighted by Gasteiger charge is 2.18. The molecule has 3 heterocycles. The standard InChI is InChI=1S/C24H27ClN6O2/c1-2-17(14-26)29-31-22-6-3-16(25)11-15(22)12-19(24(31)32)23-27-20-5-4-18(13-21(20)28-23)30-7-9-33-10-8-30/h3-6,11-13,17,29H,2,7-10,14,26H2,1H3,(H,27,28)/t17-/m1/s1. The van der Waals surface area contributed by atoms with E-state index in [0.717, 1.165) is 60.3 Å². The second kappa shape index (κ2) is 9.05. The van der Waals surface area contributed by atoms with Crippen LogP contribution in [0.3, 0.4) is 0 Å². The number of hydrogen-bond donors (Lipinski definition) is 3. The van der Waals surface area contributed by atoms with Crippen LogP contribution in [-0.4, -0.2) is 53.5 Å². The molecule has 0 bridgehead atoms. The van der Waals surface area contributed by atoms with Crippen LogP contribution in [-0.2, 0) is 4.74 Å². The van der Waals surface area contributed by atoms with Crippen LogP contribution in [0, 0.1) is 0 Å². The van der Waals surface area contributed by atoms with E-state index in [-0.39, 0.29) is 11.6 Å². The Morgan fingerprint density at radius 2 is 2.03 bits per heavy atom. The number of nitrogens with one attached hydrogen (secondary N) is 2. The number of nitrogens with two attached hydrogens (primary N) is 1. The number of hydrogen-bond acceptors (Lipinski definition) is 6. The zero-order chi connectivity index (χ0) is 22.9. The molecule has 0 radical (unpaired) electrons. The lowest BCUT2D eigenvalue weighted by Gasteiger charge is -2.28. The van der Waals surface area contributed by atoms with E-state index in [1.54, 1.807) is 10.7 Å². The number of aromatic amines is 1. The maximum atomic E-state index is 13.6. The van der Waals surface area contributed by atoms with Crippen molar-refractivity contribution in [3.05, 3.63) is 57.8 Å². The first-order chi connectivity index (χ1) is 16.1. The number of morpholine rings is 1. The van der Waals surface area contributed by atoms with E-state index >= 15 is 0 Å². The second-order valence-corrected chi connectivity index (χ2v) is 8.69. The molecule has 2 aromatic heterocycles. The molecule has 0 saturated carbocycles. The van der Waals surface area contributed by atoms with Gasteiger partial charge in [-0.25, -0.2) is 9.66 Å². The Bertz CT molecular complexity index is 1350. The van der Waals surface area contributed by atoms with Gasteiger partial charge >= 0.3 is 0 Å². The fraction of sp³-hybridized carbons (Fsp3) is 0.333. The summed E-state index contributed by atoms with van der Waals surface area (Å²) in [5.41, 5.74) is 13.0. The third-order valence-corrected chi connectivity index (χ3v) is 6.38. The van der Waals surface area contributed by atoms with Gasteiger partial charge < -0.3 is 25.8 Å². The molecule has 0 spiro atoms. The highest BCUT2D eigenvalue weighted by Crippen LogP contribution is 2.26. The van der Waals surface area contributed by atoms with Crippen LogP contribution in [0.2, 0.25) is 5.02 Å². The minimum atomic E-state index is -0.191. The lowest BCUT2D eigenvalue weighted by Crippen LogP contribution is -2.40.